The highest BCUT2D eigenvalue weighted by Crippen LogP contribution is 2.32. The van der Waals surface area contributed by atoms with Gasteiger partial charge in [-0.2, -0.15) is 0 Å². The summed E-state index contributed by atoms with van der Waals surface area (Å²) >= 11 is 0. The Morgan fingerprint density at radius 3 is 2.69 bits per heavy atom. The first-order valence-corrected chi connectivity index (χ1v) is 5.93. The van der Waals surface area contributed by atoms with Crippen LogP contribution < -0.4 is 4.90 Å². The smallest absolute Gasteiger partial charge is 0.128 e. The number of rotatable bonds is 2. The maximum Gasteiger partial charge on any atom is 0.128 e. The molecule has 0 N–H and O–H groups in total. The normalized spacial score (nSPS) is 21.4. The molecular formula is C13H21N3. The van der Waals surface area contributed by atoms with Crippen LogP contribution in [-0.4, -0.2) is 37.6 Å². The Morgan fingerprint density at radius 2 is 2.19 bits per heavy atom. The van der Waals surface area contributed by atoms with E-state index >= 15 is 0 Å². The van der Waals surface area contributed by atoms with Gasteiger partial charge in [-0.15, -0.1) is 0 Å². The van der Waals surface area contributed by atoms with Gasteiger partial charge in [-0.1, -0.05) is 0 Å². The van der Waals surface area contributed by atoms with E-state index < -0.39 is 0 Å². The maximum absolute atomic E-state index is 4.52. The molecule has 1 aliphatic heterocycles. The summed E-state index contributed by atoms with van der Waals surface area (Å²) in [6.45, 7) is 3.40. The summed E-state index contributed by atoms with van der Waals surface area (Å²) in [7, 11) is 6.27. The van der Waals surface area contributed by atoms with Crippen molar-refractivity contribution < 1.29 is 0 Å². The summed E-state index contributed by atoms with van der Waals surface area (Å²) in [6.07, 6.45) is 4.62. The second-order valence-corrected chi connectivity index (χ2v) is 4.93. The number of anilines is 1. The maximum atomic E-state index is 4.52. The van der Waals surface area contributed by atoms with E-state index in [1.807, 2.05) is 14.1 Å². The van der Waals surface area contributed by atoms with Crippen LogP contribution in [0.15, 0.2) is 12.3 Å². The zero-order valence-electron chi connectivity index (χ0n) is 10.7. The molecule has 1 unspecified atom stereocenters. The lowest BCUT2D eigenvalue weighted by molar-refractivity contribution is 0.316. The van der Waals surface area contributed by atoms with Gasteiger partial charge in [-0.25, -0.2) is 4.98 Å². The fraction of sp³-hybridized carbons (Fsp3) is 0.615. The fourth-order valence-electron chi connectivity index (χ4n) is 2.45. The van der Waals surface area contributed by atoms with Gasteiger partial charge in [0.15, 0.2) is 0 Å². The average molecular weight is 219 g/mol. The second-order valence-electron chi connectivity index (χ2n) is 4.93. The van der Waals surface area contributed by atoms with E-state index in [9.17, 15) is 0 Å². The van der Waals surface area contributed by atoms with Crippen LogP contribution in [0.1, 0.15) is 30.0 Å². The molecule has 1 aromatic heterocycles. The second kappa shape index (κ2) is 4.42. The summed E-state index contributed by atoms with van der Waals surface area (Å²) in [5, 5.41) is 0. The molecule has 16 heavy (non-hydrogen) atoms. The number of pyridine rings is 1. The number of aryl methyl sites for hydroxylation is 1. The lowest BCUT2D eigenvalue weighted by atomic mass is 10.0. The minimum absolute atomic E-state index is 0.573. The molecule has 2 rings (SSSR count). The van der Waals surface area contributed by atoms with Crippen molar-refractivity contribution in [3.8, 4) is 0 Å². The monoisotopic (exact) mass is 219 g/mol. The highest BCUT2D eigenvalue weighted by atomic mass is 15.2. The SMILES string of the molecule is Cc1cc(N(C)C)ncc1C1CCCN1C. The molecule has 1 aliphatic rings. The van der Waals surface area contributed by atoms with Crippen molar-refractivity contribution in [2.24, 2.45) is 0 Å². The standard InChI is InChI=1S/C13H21N3/c1-10-8-13(15(2)3)14-9-11(10)12-6-5-7-16(12)4/h8-9,12H,5-7H2,1-4H3. The van der Waals surface area contributed by atoms with Gasteiger partial charge in [-0.05, 0) is 50.6 Å². The molecule has 0 amide bonds. The van der Waals surface area contributed by atoms with Gasteiger partial charge < -0.3 is 4.90 Å². The van der Waals surface area contributed by atoms with Gasteiger partial charge in [0.1, 0.15) is 5.82 Å². The van der Waals surface area contributed by atoms with Crippen LogP contribution >= 0.6 is 0 Å². The molecule has 0 spiro atoms. The van der Waals surface area contributed by atoms with E-state index in [1.165, 1.54) is 30.5 Å². The topological polar surface area (TPSA) is 19.4 Å². The first kappa shape index (κ1) is 11.4. The van der Waals surface area contributed by atoms with Crippen molar-refractivity contribution >= 4 is 5.82 Å². The minimum atomic E-state index is 0.573. The highest BCUT2D eigenvalue weighted by molar-refractivity contribution is 5.42. The van der Waals surface area contributed by atoms with E-state index in [0.717, 1.165) is 5.82 Å². The molecule has 1 aromatic rings. The molecule has 0 aromatic carbocycles. The fourth-order valence-corrected chi connectivity index (χ4v) is 2.45. The quantitative estimate of drug-likeness (QED) is 0.760. The van der Waals surface area contributed by atoms with Crippen LogP contribution in [0.2, 0.25) is 0 Å². The molecule has 0 aliphatic carbocycles. The molecule has 1 saturated heterocycles. The predicted octanol–water partition coefficient (Wildman–Crippen LogP) is 2.22. The Balaban J connectivity index is 2.28. The first-order chi connectivity index (χ1) is 7.59. The highest BCUT2D eigenvalue weighted by Gasteiger charge is 2.24. The summed E-state index contributed by atoms with van der Waals surface area (Å²) in [5.41, 5.74) is 2.75. The van der Waals surface area contributed by atoms with Gasteiger partial charge >= 0.3 is 0 Å². The van der Waals surface area contributed by atoms with Crippen LogP contribution in [0, 0.1) is 6.92 Å². The van der Waals surface area contributed by atoms with Crippen molar-refractivity contribution in [3.05, 3.63) is 23.4 Å². The van der Waals surface area contributed by atoms with Gasteiger partial charge in [-0.3, -0.25) is 4.90 Å². The number of nitrogens with zero attached hydrogens (tertiary/aromatic N) is 3. The third-order valence-corrected chi connectivity index (χ3v) is 3.47. The first-order valence-electron chi connectivity index (χ1n) is 5.93. The zero-order chi connectivity index (χ0) is 11.7. The third-order valence-electron chi connectivity index (χ3n) is 3.47. The van der Waals surface area contributed by atoms with E-state index in [1.54, 1.807) is 0 Å². The molecule has 0 bridgehead atoms. The Hall–Kier alpha value is -1.09. The Labute approximate surface area is 98.1 Å². The molecule has 1 atom stereocenters. The number of likely N-dealkylation sites (tertiary alicyclic amines) is 1. The van der Waals surface area contributed by atoms with Gasteiger partial charge in [0, 0.05) is 26.3 Å². The zero-order valence-corrected chi connectivity index (χ0v) is 10.7. The third kappa shape index (κ3) is 2.05. The van der Waals surface area contributed by atoms with Gasteiger partial charge in [0.2, 0.25) is 0 Å². The van der Waals surface area contributed by atoms with Crippen LogP contribution in [0.3, 0.4) is 0 Å². The Morgan fingerprint density at radius 1 is 1.44 bits per heavy atom. The van der Waals surface area contributed by atoms with Crippen LogP contribution in [0.5, 0.6) is 0 Å². The molecule has 2 heterocycles. The molecule has 88 valence electrons. The number of hydrogen-bond acceptors (Lipinski definition) is 3. The molecule has 3 nitrogen and oxygen atoms in total. The lowest BCUT2D eigenvalue weighted by Crippen LogP contribution is -2.19. The van der Waals surface area contributed by atoms with E-state index in [2.05, 4.69) is 41.0 Å². The molecule has 0 radical (unpaired) electrons. The van der Waals surface area contributed by atoms with Crippen LogP contribution in [0.25, 0.3) is 0 Å². The molecular weight excluding hydrogens is 198 g/mol. The van der Waals surface area contributed by atoms with Crippen molar-refractivity contribution in [2.75, 3.05) is 32.6 Å². The summed E-state index contributed by atoms with van der Waals surface area (Å²) in [5.74, 6) is 1.04. The summed E-state index contributed by atoms with van der Waals surface area (Å²) in [4.78, 5) is 9.00. The van der Waals surface area contributed by atoms with Crippen molar-refractivity contribution in [3.63, 3.8) is 0 Å². The number of hydrogen-bond donors (Lipinski definition) is 0. The van der Waals surface area contributed by atoms with E-state index in [-0.39, 0.29) is 0 Å². The van der Waals surface area contributed by atoms with E-state index in [0.29, 0.717) is 6.04 Å². The van der Waals surface area contributed by atoms with Crippen molar-refractivity contribution in [1.29, 1.82) is 0 Å². The Kier molecular flexibility index (Phi) is 3.15. The molecule has 0 saturated carbocycles. The molecule has 3 heteroatoms. The summed E-state index contributed by atoms with van der Waals surface area (Å²) < 4.78 is 0. The lowest BCUT2D eigenvalue weighted by Gasteiger charge is -2.22. The minimum Gasteiger partial charge on any atom is -0.363 e. The summed E-state index contributed by atoms with van der Waals surface area (Å²) in [6, 6.07) is 2.75. The van der Waals surface area contributed by atoms with Crippen LogP contribution in [0.4, 0.5) is 5.82 Å². The van der Waals surface area contributed by atoms with Crippen molar-refractivity contribution in [2.45, 2.75) is 25.8 Å². The van der Waals surface area contributed by atoms with Crippen molar-refractivity contribution in [1.82, 2.24) is 9.88 Å². The van der Waals surface area contributed by atoms with Gasteiger partial charge in [0.05, 0.1) is 0 Å². The van der Waals surface area contributed by atoms with E-state index in [4.69, 9.17) is 0 Å². The largest absolute Gasteiger partial charge is 0.363 e. The van der Waals surface area contributed by atoms with Crippen LogP contribution in [-0.2, 0) is 0 Å². The predicted molar refractivity (Wildman–Crippen MR) is 67.9 cm³/mol. The Bertz CT molecular complexity index is 373. The number of aromatic nitrogens is 1. The molecule has 1 fully saturated rings. The average Bonchev–Trinajstić information content (AvgIpc) is 2.64. The van der Waals surface area contributed by atoms with Gasteiger partial charge in [0.25, 0.3) is 0 Å².